The molecule has 9 heteroatoms. The van der Waals surface area contributed by atoms with Crippen LogP contribution in [0.1, 0.15) is 71.5 Å². The Morgan fingerprint density at radius 1 is 1.17 bits per heavy atom. The first kappa shape index (κ1) is 25.4. The fourth-order valence-corrected chi connectivity index (χ4v) is 5.32. The summed E-state index contributed by atoms with van der Waals surface area (Å²) in [6, 6.07) is 8.38. The average Bonchev–Trinajstić information content (AvgIpc) is 3.39. The Bertz CT molecular complexity index is 1140. The molecule has 2 amide bonds. The largest absolute Gasteiger partial charge is 0.550 e. The van der Waals surface area contributed by atoms with Gasteiger partial charge in [-0.25, -0.2) is 9.40 Å². The summed E-state index contributed by atoms with van der Waals surface area (Å²) < 4.78 is 27.3. The van der Waals surface area contributed by atoms with Gasteiger partial charge in [0.1, 0.15) is 5.82 Å². The smallest absolute Gasteiger partial charge is 0.348 e. The summed E-state index contributed by atoms with van der Waals surface area (Å²) in [5.74, 6) is -1.71. The number of hydrogen-bond acceptors (Lipinski definition) is 5. The molecule has 2 atom stereocenters. The van der Waals surface area contributed by atoms with Gasteiger partial charge in [0.25, 0.3) is 11.8 Å². The summed E-state index contributed by atoms with van der Waals surface area (Å²) in [4.78, 5) is 27.2. The van der Waals surface area contributed by atoms with Crippen LogP contribution in [0.2, 0.25) is 0 Å². The number of fused-ring (bicyclic) bond motifs is 2. The molecule has 1 fully saturated rings. The van der Waals surface area contributed by atoms with Crippen LogP contribution in [0, 0.1) is 25.1 Å². The minimum Gasteiger partial charge on any atom is -0.550 e. The highest BCUT2D eigenvalue weighted by Gasteiger charge is 2.42. The van der Waals surface area contributed by atoms with Crippen LogP contribution in [0.25, 0.3) is 0 Å². The minimum atomic E-state index is -2.14. The van der Waals surface area contributed by atoms with Crippen LogP contribution in [-0.4, -0.2) is 42.7 Å². The maximum Gasteiger partial charge on any atom is 0.348 e. The molecule has 2 N–H and O–H groups in total. The van der Waals surface area contributed by atoms with Crippen molar-refractivity contribution in [1.82, 2.24) is 15.7 Å². The van der Waals surface area contributed by atoms with E-state index in [4.69, 9.17) is 9.31 Å². The fraction of sp³-hybridized carbons (Fsp3) is 0.462. The lowest BCUT2D eigenvalue weighted by Crippen LogP contribution is -2.59. The van der Waals surface area contributed by atoms with E-state index < -0.39 is 18.4 Å². The van der Waals surface area contributed by atoms with Gasteiger partial charge in [-0.3, -0.25) is 15.0 Å². The van der Waals surface area contributed by atoms with E-state index >= 15 is 4.39 Å². The molecule has 1 unspecified atom stereocenters. The molecule has 2 heterocycles. The van der Waals surface area contributed by atoms with Crippen molar-refractivity contribution in [1.29, 1.82) is 0 Å². The minimum absolute atomic E-state index is 0.158. The maximum atomic E-state index is 15.8. The summed E-state index contributed by atoms with van der Waals surface area (Å²) in [5.41, 5.74) is 5.53. The van der Waals surface area contributed by atoms with Crippen LogP contribution in [0.15, 0.2) is 30.3 Å². The van der Waals surface area contributed by atoms with Gasteiger partial charge in [0.05, 0.1) is 11.6 Å². The Hall–Kier alpha value is -2.75. The van der Waals surface area contributed by atoms with Gasteiger partial charge in [-0.05, 0) is 50.4 Å². The number of nitrogens with one attached hydrogen (secondary N) is 2. The lowest BCUT2D eigenvalue weighted by atomic mass is 9.64. The zero-order chi connectivity index (χ0) is 25.5. The van der Waals surface area contributed by atoms with E-state index in [1.54, 1.807) is 18.2 Å². The summed E-state index contributed by atoms with van der Waals surface area (Å²) >= 11 is 0. The SMILES string of the molecule is CC[C@@H](N(NC(=O)c1ccc2c(c1F)[B-]1(NCCO1)OC2)C(=O)c1cc(C)cc(C)c1)C(C)(C)C. The van der Waals surface area contributed by atoms with Crippen molar-refractivity contribution in [2.24, 2.45) is 5.41 Å². The molecule has 2 aromatic carbocycles. The van der Waals surface area contributed by atoms with Crippen molar-refractivity contribution in [2.75, 3.05) is 13.2 Å². The van der Waals surface area contributed by atoms with Crippen LogP contribution in [0.5, 0.6) is 0 Å². The van der Waals surface area contributed by atoms with E-state index in [0.717, 1.165) is 11.1 Å². The molecule has 1 saturated heterocycles. The molecule has 35 heavy (non-hydrogen) atoms. The Balaban J connectivity index is 1.71. The van der Waals surface area contributed by atoms with Crippen molar-refractivity contribution in [3.05, 3.63) is 64.0 Å². The molecular formula is C26H34BFN3O4-. The molecular weight excluding hydrogens is 448 g/mol. The normalized spacial score (nSPS) is 20.1. The summed E-state index contributed by atoms with van der Waals surface area (Å²) in [7, 11) is 0. The van der Waals surface area contributed by atoms with Gasteiger partial charge in [-0.2, -0.15) is 0 Å². The molecule has 2 aliphatic rings. The number of hydrogen-bond donors (Lipinski definition) is 2. The molecule has 188 valence electrons. The Kier molecular flexibility index (Phi) is 6.79. The van der Waals surface area contributed by atoms with E-state index in [-0.39, 0.29) is 35.0 Å². The van der Waals surface area contributed by atoms with Gasteiger partial charge in [-0.1, -0.05) is 62.0 Å². The van der Waals surface area contributed by atoms with E-state index in [2.05, 4.69) is 10.7 Å². The van der Waals surface area contributed by atoms with Gasteiger partial charge in [-0.15, -0.1) is 0 Å². The van der Waals surface area contributed by atoms with Crippen molar-refractivity contribution in [3.8, 4) is 0 Å². The number of carbonyl (C=O) groups excluding carboxylic acids is 2. The van der Waals surface area contributed by atoms with E-state index in [1.807, 2.05) is 47.6 Å². The Morgan fingerprint density at radius 3 is 2.43 bits per heavy atom. The number of benzene rings is 2. The Labute approximate surface area is 206 Å². The molecule has 2 aliphatic heterocycles. The lowest BCUT2D eigenvalue weighted by Gasteiger charge is -2.39. The molecule has 0 aromatic heterocycles. The van der Waals surface area contributed by atoms with Crippen molar-refractivity contribution in [2.45, 2.75) is 60.6 Å². The second-order valence-electron chi connectivity index (χ2n) is 10.6. The number of hydrazine groups is 1. The maximum absolute atomic E-state index is 15.8. The van der Waals surface area contributed by atoms with Crippen LogP contribution in [0.3, 0.4) is 0 Å². The lowest BCUT2D eigenvalue weighted by molar-refractivity contribution is 0.0283. The van der Waals surface area contributed by atoms with E-state index in [9.17, 15) is 9.59 Å². The van der Waals surface area contributed by atoms with E-state index in [1.165, 1.54) is 11.1 Å². The molecule has 1 spiro atoms. The molecule has 0 saturated carbocycles. The number of carbonyl (C=O) groups is 2. The van der Waals surface area contributed by atoms with Gasteiger partial charge in [0, 0.05) is 18.8 Å². The highest BCUT2D eigenvalue weighted by atomic mass is 19.1. The van der Waals surface area contributed by atoms with E-state index in [0.29, 0.717) is 30.7 Å². The predicted molar refractivity (Wildman–Crippen MR) is 134 cm³/mol. The zero-order valence-corrected chi connectivity index (χ0v) is 21.3. The number of rotatable bonds is 4. The van der Waals surface area contributed by atoms with Crippen molar-refractivity contribution < 1.29 is 23.3 Å². The quantitative estimate of drug-likeness (QED) is 0.516. The third-order valence-corrected chi connectivity index (χ3v) is 6.84. The highest BCUT2D eigenvalue weighted by Crippen LogP contribution is 2.29. The summed E-state index contributed by atoms with van der Waals surface area (Å²) in [5, 5.41) is 4.48. The standard InChI is InChI=1S/C26H34BFN3O4/c1-7-21(26(4,5)6)31(25(33)19-13-16(2)12-17(3)14-19)30-24(32)20-9-8-18-15-35-27(22(18)23(20)28)29-10-11-34-27/h8-9,12-14,21,29H,7,10-11,15H2,1-6H3,(H,30,32)/q-1/t21-,27?/m1/s1. The van der Waals surface area contributed by atoms with Crippen molar-refractivity contribution >= 4 is 24.0 Å². The van der Waals surface area contributed by atoms with Crippen LogP contribution >= 0.6 is 0 Å². The van der Waals surface area contributed by atoms with Crippen LogP contribution < -0.4 is 16.1 Å². The molecule has 0 radical (unpaired) electrons. The summed E-state index contributed by atoms with van der Waals surface area (Å²) in [6.45, 7) is 10.9. The molecule has 0 aliphatic carbocycles. The number of aryl methyl sites for hydroxylation is 2. The summed E-state index contributed by atoms with van der Waals surface area (Å²) in [6.07, 6.45) is 0.602. The third kappa shape index (κ3) is 4.72. The first-order valence-electron chi connectivity index (χ1n) is 12.2. The van der Waals surface area contributed by atoms with Gasteiger partial charge in [0.15, 0.2) is 0 Å². The van der Waals surface area contributed by atoms with Crippen molar-refractivity contribution in [3.63, 3.8) is 0 Å². The first-order valence-corrected chi connectivity index (χ1v) is 12.2. The number of halogens is 1. The van der Waals surface area contributed by atoms with Crippen LogP contribution in [0.4, 0.5) is 4.39 Å². The zero-order valence-electron chi connectivity index (χ0n) is 21.3. The third-order valence-electron chi connectivity index (χ3n) is 6.84. The monoisotopic (exact) mass is 482 g/mol. The molecule has 2 aromatic rings. The number of amides is 2. The van der Waals surface area contributed by atoms with Crippen LogP contribution in [-0.2, 0) is 15.9 Å². The highest BCUT2D eigenvalue weighted by molar-refractivity contribution is 6.80. The van der Waals surface area contributed by atoms with Gasteiger partial charge in [0.2, 0.25) is 0 Å². The second-order valence-corrected chi connectivity index (χ2v) is 10.6. The predicted octanol–water partition coefficient (Wildman–Crippen LogP) is 3.35. The molecule has 7 nitrogen and oxygen atoms in total. The molecule has 4 rings (SSSR count). The Morgan fingerprint density at radius 2 is 1.86 bits per heavy atom. The average molecular weight is 482 g/mol. The molecule has 0 bridgehead atoms. The van der Waals surface area contributed by atoms with Gasteiger partial charge < -0.3 is 14.5 Å². The van der Waals surface area contributed by atoms with Gasteiger partial charge >= 0.3 is 6.69 Å². The fourth-order valence-electron chi connectivity index (χ4n) is 5.32. The topological polar surface area (TPSA) is 79.9 Å². The second kappa shape index (κ2) is 9.37. The first-order chi connectivity index (χ1) is 16.5. The number of nitrogens with zero attached hydrogens (tertiary/aromatic N) is 1.